The van der Waals surface area contributed by atoms with Gasteiger partial charge in [0.05, 0.1) is 6.04 Å². The molecule has 0 aliphatic carbocycles. The summed E-state index contributed by atoms with van der Waals surface area (Å²) in [7, 11) is 2.13. The van der Waals surface area contributed by atoms with Gasteiger partial charge in [-0.05, 0) is 82.9 Å². The molecular formula is C23H37N3O. The molecule has 2 fully saturated rings. The van der Waals surface area contributed by atoms with Crippen LogP contribution < -0.4 is 5.32 Å². The third-order valence-corrected chi connectivity index (χ3v) is 6.62. The molecule has 1 aromatic rings. The van der Waals surface area contributed by atoms with Crippen molar-refractivity contribution in [3.05, 3.63) is 35.4 Å². The van der Waals surface area contributed by atoms with Gasteiger partial charge in [-0.1, -0.05) is 37.6 Å². The van der Waals surface area contributed by atoms with Gasteiger partial charge >= 0.3 is 0 Å². The van der Waals surface area contributed by atoms with Gasteiger partial charge in [0, 0.05) is 12.5 Å². The number of carbonyl (C=O) groups excluding carboxylic acids is 1. The first-order valence-corrected chi connectivity index (χ1v) is 10.8. The van der Waals surface area contributed by atoms with Crippen LogP contribution in [-0.2, 0) is 11.3 Å². The maximum Gasteiger partial charge on any atom is 0.223 e. The zero-order valence-electron chi connectivity index (χ0n) is 17.4. The molecule has 3 rings (SSSR count). The molecule has 0 spiro atoms. The van der Waals surface area contributed by atoms with E-state index in [1.807, 2.05) is 0 Å². The highest BCUT2D eigenvalue weighted by Gasteiger charge is 2.24. The molecule has 2 heterocycles. The summed E-state index contributed by atoms with van der Waals surface area (Å²) in [4.78, 5) is 17.4. The van der Waals surface area contributed by atoms with Crippen LogP contribution in [0.1, 0.15) is 63.1 Å². The van der Waals surface area contributed by atoms with Crippen LogP contribution in [0.5, 0.6) is 0 Å². The molecule has 1 atom stereocenters. The zero-order chi connectivity index (χ0) is 19.2. The highest BCUT2D eigenvalue weighted by atomic mass is 16.1. The molecule has 0 radical (unpaired) electrons. The zero-order valence-corrected chi connectivity index (χ0v) is 17.4. The van der Waals surface area contributed by atoms with Crippen LogP contribution in [0.15, 0.2) is 24.3 Å². The Balaban J connectivity index is 1.47. The number of piperidine rings is 2. The van der Waals surface area contributed by atoms with Crippen LogP contribution in [0.25, 0.3) is 0 Å². The van der Waals surface area contributed by atoms with E-state index in [1.165, 1.54) is 43.5 Å². The predicted molar refractivity (Wildman–Crippen MR) is 112 cm³/mol. The van der Waals surface area contributed by atoms with Crippen LogP contribution in [0, 0.1) is 11.8 Å². The van der Waals surface area contributed by atoms with Gasteiger partial charge in [0.2, 0.25) is 5.91 Å². The number of rotatable bonds is 6. The van der Waals surface area contributed by atoms with E-state index in [2.05, 4.69) is 60.3 Å². The summed E-state index contributed by atoms with van der Waals surface area (Å²) in [6, 6.07) is 8.92. The molecule has 0 unspecified atom stereocenters. The van der Waals surface area contributed by atoms with Crippen molar-refractivity contribution in [2.24, 2.45) is 11.8 Å². The van der Waals surface area contributed by atoms with Crippen molar-refractivity contribution < 1.29 is 4.79 Å². The van der Waals surface area contributed by atoms with Crippen LogP contribution in [-0.4, -0.2) is 48.9 Å². The molecule has 1 aromatic carbocycles. The molecule has 2 aliphatic heterocycles. The van der Waals surface area contributed by atoms with Crippen molar-refractivity contribution in [1.29, 1.82) is 0 Å². The van der Waals surface area contributed by atoms with Gasteiger partial charge in [-0.25, -0.2) is 0 Å². The second-order valence-corrected chi connectivity index (χ2v) is 8.68. The summed E-state index contributed by atoms with van der Waals surface area (Å²) < 4.78 is 0. The van der Waals surface area contributed by atoms with Gasteiger partial charge in [0.1, 0.15) is 0 Å². The normalized spacial score (nSPS) is 21.9. The fourth-order valence-corrected chi connectivity index (χ4v) is 4.41. The number of nitrogens with one attached hydrogen (secondary N) is 1. The average molecular weight is 372 g/mol. The van der Waals surface area contributed by atoms with E-state index in [1.54, 1.807) is 0 Å². The summed E-state index contributed by atoms with van der Waals surface area (Å²) >= 11 is 0. The Labute approximate surface area is 165 Å². The quantitative estimate of drug-likeness (QED) is 0.825. The van der Waals surface area contributed by atoms with Gasteiger partial charge in [-0.2, -0.15) is 0 Å². The van der Waals surface area contributed by atoms with E-state index in [0.717, 1.165) is 38.4 Å². The lowest BCUT2D eigenvalue weighted by atomic mass is 9.94. The Kier molecular flexibility index (Phi) is 7.31. The van der Waals surface area contributed by atoms with Gasteiger partial charge < -0.3 is 10.2 Å². The molecule has 2 saturated heterocycles. The highest BCUT2D eigenvalue weighted by Crippen LogP contribution is 2.22. The number of likely N-dealkylation sites (tertiary alicyclic amines) is 2. The first-order chi connectivity index (χ1) is 13.0. The fraction of sp³-hybridized carbons (Fsp3) is 0.696. The summed E-state index contributed by atoms with van der Waals surface area (Å²) in [5.74, 6) is 1.32. The Hall–Kier alpha value is -1.39. The topological polar surface area (TPSA) is 35.6 Å². The van der Waals surface area contributed by atoms with E-state index >= 15 is 0 Å². The van der Waals surface area contributed by atoms with Crippen LogP contribution >= 0.6 is 0 Å². The van der Waals surface area contributed by atoms with E-state index in [9.17, 15) is 4.79 Å². The van der Waals surface area contributed by atoms with E-state index in [-0.39, 0.29) is 17.9 Å². The van der Waals surface area contributed by atoms with E-state index in [0.29, 0.717) is 0 Å². The Morgan fingerprint density at radius 1 is 1.07 bits per heavy atom. The number of carbonyl (C=O) groups is 1. The Bertz CT molecular complexity index is 584. The summed E-state index contributed by atoms with van der Waals surface area (Å²) in [6.07, 6.45) is 5.96. The number of hydrogen-bond donors (Lipinski definition) is 1. The number of hydrogen-bond acceptors (Lipinski definition) is 3. The predicted octanol–water partition coefficient (Wildman–Crippen LogP) is 3.83. The lowest BCUT2D eigenvalue weighted by Crippen LogP contribution is -2.39. The van der Waals surface area contributed by atoms with E-state index < -0.39 is 0 Å². The maximum absolute atomic E-state index is 12.5. The SMILES string of the molecule is CCC1CCN(Cc2ccc([C@@H](C)NC(=O)C3CCN(C)CC3)cc2)CC1. The smallest absolute Gasteiger partial charge is 0.223 e. The monoisotopic (exact) mass is 371 g/mol. The molecule has 150 valence electrons. The molecular weight excluding hydrogens is 334 g/mol. The van der Waals surface area contributed by atoms with Gasteiger partial charge in [-0.3, -0.25) is 9.69 Å². The third kappa shape index (κ3) is 5.79. The molecule has 4 heteroatoms. The lowest BCUT2D eigenvalue weighted by Gasteiger charge is -2.31. The molecule has 4 nitrogen and oxygen atoms in total. The molecule has 0 bridgehead atoms. The van der Waals surface area contributed by atoms with Crippen molar-refractivity contribution in [2.75, 3.05) is 33.2 Å². The number of benzene rings is 1. The van der Waals surface area contributed by atoms with Crippen LogP contribution in [0.2, 0.25) is 0 Å². The van der Waals surface area contributed by atoms with Gasteiger partial charge in [0.15, 0.2) is 0 Å². The number of nitrogens with zero attached hydrogens (tertiary/aromatic N) is 2. The van der Waals surface area contributed by atoms with Crippen molar-refractivity contribution in [3.8, 4) is 0 Å². The minimum absolute atomic E-state index is 0.0755. The Morgan fingerprint density at radius 2 is 1.70 bits per heavy atom. The molecule has 1 N–H and O–H groups in total. The first-order valence-electron chi connectivity index (χ1n) is 10.8. The summed E-state index contributed by atoms with van der Waals surface area (Å²) in [5.41, 5.74) is 2.58. The molecule has 1 amide bonds. The molecule has 2 aliphatic rings. The fourth-order valence-electron chi connectivity index (χ4n) is 4.41. The van der Waals surface area contributed by atoms with Crippen molar-refractivity contribution in [2.45, 2.75) is 58.5 Å². The van der Waals surface area contributed by atoms with Crippen LogP contribution in [0.4, 0.5) is 0 Å². The molecule has 27 heavy (non-hydrogen) atoms. The second-order valence-electron chi connectivity index (χ2n) is 8.68. The van der Waals surface area contributed by atoms with Crippen LogP contribution in [0.3, 0.4) is 0 Å². The minimum Gasteiger partial charge on any atom is -0.349 e. The third-order valence-electron chi connectivity index (χ3n) is 6.62. The summed E-state index contributed by atoms with van der Waals surface area (Å²) in [5, 5.41) is 3.22. The largest absolute Gasteiger partial charge is 0.349 e. The standard InChI is InChI=1S/C23H37N3O/c1-4-19-9-15-26(16-10-19)17-20-5-7-21(8-6-20)18(2)24-23(27)22-11-13-25(3)14-12-22/h5-8,18-19,22H,4,9-17H2,1-3H3,(H,24,27)/t18-/m1/s1. The van der Waals surface area contributed by atoms with Crippen molar-refractivity contribution in [1.82, 2.24) is 15.1 Å². The second kappa shape index (κ2) is 9.70. The average Bonchev–Trinajstić information content (AvgIpc) is 2.69. The number of amides is 1. The van der Waals surface area contributed by atoms with Crippen molar-refractivity contribution >= 4 is 5.91 Å². The Morgan fingerprint density at radius 3 is 2.30 bits per heavy atom. The minimum atomic E-state index is 0.0755. The molecule has 0 saturated carbocycles. The summed E-state index contributed by atoms with van der Waals surface area (Å²) in [6.45, 7) is 9.95. The maximum atomic E-state index is 12.5. The highest BCUT2D eigenvalue weighted by molar-refractivity contribution is 5.79. The van der Waals surface area contributed by atoms with Crippen molar-refractivity contribution in [3.63, 3.8) is 0 Å². The van der Waals surface area contributed by atoms with E-state index in [4.69, 9.17) is 0 Å². The first kappa shape index (κ1) is 20.3. The van der Waals surface area contributed by atoms with Gasteiger partial charge in [0.25, 0.3) is 0 Å². The molecule has 0 aromatic heterocycles. The lowest BCUT2D eigenvalue weighted by molar-refractivity contribution is -0.127. The van der Waals surface area contributed by atoms with Gasteiger partial charge in [-0.15, -0.1) is 0 Å².